The number of nitrogens with zero attached hydrogens (tertiary/aromatic N) is 1. The van der Waals surface area contributed by atoms with Gasteiger partial charge in [-0.25, -0.2) is 4.98 Å². The van der Waals surface area contributed by atoms with Gasteiger partial charge in [-0.1, -0.05) is 0 Å². The Bertz CT molecular complexity index is 381. The molecule has 1 fully saturated rings. The highest BCUT2D eigenvalue weighted by Crippen LogP contribution is 2.19. The molecule has 2 heterocycles. The number of nitrogens with one attached hydrogen (secondary N) is 2. The van der Waals surface area contributed by atoms with E-state index in [-0.39, 0.29) is 5.54 Å². The zero-order chi connectivity index (χ0) is 11.6. The van der Waals surface area contributed by atoms with Crippen LogP contribution in [-0.4, -0.2) is 29.5 Å². The van der Waals surface area contributed by atoms with Crippen molar-refractivity contribution in [3.8, 4) is 0 Å². The second kappa shape index (κ2) is 4.09. The molecule has 5 nitrogen and oxygen atoms in total. The molecule has 0 radical (unpaired) electrons. The summed E-state index contributed by atoms with van der Waals surface area (Å²) in [5, 5.41) is 6.66. The van der Waals surface area contributed by atoms with Gasteiger partial charge in [-0.3, -0.25) is 4.79 Å². The van der Waals surface area contributed by atoms with E-state index in [1.165, 1.54) is 6.20 Å². The fraction of sp³-hybridized carbons (Fsp3) is 0.455. The molecule has 1 saturated heterocycles. The van der Waals surface area contributed by atoms with Gasteiger partial charge in [-0.05, 0) is 32.0 Å². The molecule has 0 aromatic carbocycles. The maximum atomic E-state index is 10.9. The van der Waals surface area contributed by atoms with E-state index < -0.39 is 5.91 Å². The van der Waals surface area contributed by atoms with E-state index in [0.717, 1.165) is 25.3 Å². The number of aromatic nitrogens is 1. The summed E-state index contributed by atoms with van der Waals surface area (Å²) in [6.45, 7) is 4.09. The molecule has 0 saturated carbocycles. The third kappa shape index (κ3) is 2.30. The van der Waals surface area contributed by atoms with Gasteiger partial charge >= 0.3 is 0 Å². The highest BCUT2D eigenvalue weighted by atomic mass is 16.1. The molecule has 1 unspecified atom stereocenters. The van der Waals surface area contributed by atoms with E-state index >= 15 is 0 Å². The first-order valence-electron chi connectivity index (χ1n) is 5.34. The summed E-state index contributed by atoms with van der Waals surface area (Å²) < 4.78 is 0. The van der Waals surface area contributed by atoms with Crippen molar-refractivity contribution in [3.05, 3.63) is 23.9 Å². The molecule has 1 aliphatic heterocycles. The van der Waals surface area contributed by atoms with Gasteiger partial charge in [0.15, 0.2) is 0 Å². The minimum absolute atomic E-state index is 0.0429. The van der Waals surface area contributed by atoms with Gasteiger partial charge in [-0.2, -0.15) is 0 Å². The first kappa shape index (κ1) is 10.9. The fourth-order valence-corrected chi connectivity index (χ4v) is 1.85. The number of pyridine rings is 1. The number of hydrogen-bond donors (Lipinski definition) is 3. The van der Waals surface area contributed by atoms with Crippen LogP contribution in [0.1, 0.15) is 23.7 Å². The molecule has 1 aromatic rings. The fourth-order valence-electron chi connectivity index (χ4n) is 1.85. The number of rotatable bonds is 3. The zero-order valence-corrected chi connectivity index (χ0v) is 9.29. The minimum Gasteiger partial charge on any atom is -0.366 e. The van der Waals surface area contributed by atoms with Crippen LogP contribution in [0.15, 0.2) is 18.3 Å². The predicted molar refractivity (Wildman–Crippen MR) is 62.3 cm³/mol. The third-order valence-corrected chi connectivity index (χ3v) is 2.85. The Kier molecular flexibility index (Phi) is 2.78. The van der Waals surface area contributed by atoms with Crippen molar-refractivity contribution in [3.63, 3.8) is 0 Å². The van der Waals surface area contributed by atoms with Gasteiger partial charge in [0.05, 0.1) is 5.56 Å². The van der Waals surface area contributed by atoms with Gasteiger partial charge in [0.2, 0.25) is 5.91 Å². The quantitative estimate of drug-likeness (QED) is 0.686. The van der Waals surface area contributed by atoms with Crippen LogP contribution in [0.3, 0.4) is 0 Å². The van der Waals surface area contributed by atoms with Crippen molar-refractivity contribution >= 4 is 11.7 Å². The standard InChI is InChI=1S/C11H16N4O/c1-11(4-5-13-7-11)15-9-3-2-8(6-14-9)10(12)16/h2-3,6,13H,4-5,7H2,1H3,(H2,12,16)(H,14,15). The minimum atomic E-state index is -0.451. The Morgan fingerprint density at radius 3 is 2.94 bits per heavy atom. The molecule has 0 bridgehead atoms. The van der Waals surface area contributed by atoms with Crippen molar-refractivity contribution in [1.82, 2.24) is 10.3 Å². The number of nitrogens with two attached hydrogens (primary N) is 1. The van der Waals surface area contributed by atoms with Crippen molar-refractivity contribution < 1.29 is 4.79 Å². The van der Waals surface area contributed by atoms with Gasteiger partial charge in [0, 0.05) is 18.3 Å². The molecule has 86 valence electrons. The second-order valence-electron chi connectivity index (χ2n) is 4.41. The monoisotopic (exact) mass is 220 g/mol. The van der Waals surface area contributed by atoms with Crippen LogP contribution in [0.4, 0.5) is 5.82 Å². The molecule has 1 aromatic heterocycles. The smallest absolute Gasteiger partial charge is 0.250 e. The number of carbonyl (C=O) groups is 1. The molecule has 1 atom stereocenters. The van der Waals surface area contributed by atoms with E-state index in [4.69, 9.17) is 5.73 Å². The van der Waals surface area contributed by atoms with Gasteiger partial charge in [0.25, 0.3) is 0 Å². The van der Waals surface area contributed by atoms with Gasteiger partial charge in [-0.15, -0.1) is 0 Å². The maximum absolute atomic E-state index is 10.9. The van der Waals surface area contributed by atoms with Gasteiger partial charge < -0.3 is 16.4 Å². The first-order chi connectivity index (χ1) is 7.59. The molecule has 1 amide bonds. The Labute approximate surface area is 94.4 Å². The Morgan fingerprint density at radius 1 is 1.62 bits per heavy atom. The zero-order valence-electron chi connectivity index (χ0n) is 9.29. The average Bonchev–Trinajstić information content (AvgIpc) is 2.65. The molecule has 0 aliphatic carbocycles. The molecular formula is C11H16N4O. The van der Waals surface area contributed by atoms with Crippen LogP contribution in [0.5, 0.6) is 0 Å². The molecule has 0 spiro atoms. The summed E-state index contributed by atoms with van der Waals surface area (Å²) in [6, 6.07) is 3.47. The molecule has 2 rings (SSSR count). The summed E-state index contributed by atoms with van der Waals surface area (Å²) in [5.74, 6) is 0.323. The topological polar surface area (TPSA) is 80.0 Å². The number of primary amides is 1. The SMILES string of the molecule is CC1(Nc2ccc(C(N)=O)cn2)CCNC1. The lowest BCUT2D eigenvalue weighted by Crippen LogP contribution is -2.37. The molecule has 5 heteroatoms. The van der Waals surface area contributed by atoms with Crippen LogP contribution >= 0.6 is 0 Å². The summed E-state index contributed by atoms with van der Waals surface area (Å²) >= 11 is 0. The van der Waals surface area contributed by atoms with E-state index in [9.17, 15) is 4.79 Å². The van der Waals surface area contributed by atoms with E-state index in [1.807, 2.05) is 0 Å². The lowest BCUT2D eigenvalue weighted by Gasteiger charge is -2.25. The number of carbonyl (C=O) groups excluding carboxylic acids is 1. The normalized spacial score (nSPS) is 24.3. The van der Waals surface area contributed by atoms with Crippen LogP contribution in [0.2, 0.25) is 0 Å². The van der Waals surface area contributed by atoms with Crippen molar-refractivity contribution in [2.24, 2.45) is 5.73 Å². The number of hydrogen-bond acceptors (Lipinski definition) is 4. The number of amides is 1. The largest absolute Gasteiger partial charge is 0.366 e. The molecule has 1 aliphatic rings. The summed E-state index contributed by atoms with van der Waals surface area (Å²) in [7, 11) is 0. The average molecular weight is 220 g/mol. The maximum Gasteiger partial charge on any atom is 0.250 e. The summed E-state index contributed by atoms with van der Waals surface area (Å²) in [4.78, 5) is 15.0. The first-order valence-corrected chi connectivity index (χ1v) is 5.34. The summed E-state index contributed by atoms with van der Waals surface area (Å²) in [5.41, 5.74) is 5.62. The molecular weight excluding hydrogens is 204 g/mol. The Morgan fingerprint density at radius 2 is 2.44 bits per heavy atom. The lowest BCUT2D eigenvalue weighted by molar-refractivity contribution is 0.1000. The van der Waals surface area contributed by atoms with Crippen molar-refractivity contribution in [2.45, 2.75) is 18.9 Å². The van der Waals surface area contributed by atoms with Crippen LogP contribution in [-0.2, 0) is 0 Å². The lowest BCUT2D eigenvalue weighted by atomic mass is 10.0. The van der Waals surface area contributed by atoms with Crippen molar-refractivity contribution in [2.75, 3.05) is 18.4 Å². The van der Waals surface area contributed by atoms with Crippen LogP contribution in [0.25, 0.3) is 0 Å². The molecule has 4 N–H and O–H groups in total. The van der Waals surface area contributed by atoms with E-state index in [0.29, 0.717) is 5.56 Å². The molecule has 16 heavy (non-hydrogen) atoms. The highest BCUT2D eigenvalue weighted by molar-refractivity contribution is 5.92. The Hall–Kier alpha value is -1.62. The van der Waals surface area contributed by atoms with Crippen molar-refractivity contribution in [1.29, 1.82) is 0 Å². The second-order valence-corrected chi connectivity index (χ2v) is 4.41. The Balaban J connectivity index is 2.07. The van der Waals surface area contributed by atoms with E-state index in [1.54, 1.807) is 12.1 Å². The van der Waals surface area contributed by atoms with Crippen LogP contribution in [0, 0.1) is 0 Å². The predicted octanol–water partition coefficient (Wildman–Crippen LogP) is 0.344. The van der Waals surface area contributed by atoms with Crippen LogP contribution < -0.4 is 16.4 Å². The highest BCUT2D eigenvalue weighted by Gasteiger charge is 2.28. The van der Waals surface area contributed by atoms with Gasteiger partial charge in [0.1, 0.15) is 5.82 Å². The number of anilines is 1. The van der Waals surface area contributed by atoms with E-state index in [2.05, 4.69) is 22.5 Å². The summed E-state index contributed by atoms with van der Waals surface area (Å²) in [6.07, 6.45) is 2.56. The third-order valence-electron chi connectivity index (χ3n) is 2.85.